The summed E-state index contributed by atoms with van der Waals surface area (Å²) in [5, 5.41) is 6.74. The highest BCUT2D eigenvalue weighted by Gasteiger charge is 2.25. The van der Waals surface area contributed by atoms with Crippen LogP contribution in [0.25, 0.3) is 22.6 Å². The van der Waals surface area contributed by atoms with Gasteiger partial charge in [0.05, 0.1) is 33.6 Å². The Hall–Kier alpha value is -3.72. The summed E-state index contributed by atoms with van der Waals surface area (Å²) in [6.45, 7) is 3.06. The molecule has 4 aromatic rings. The first-order chi connectivity index (χ1) is 14.8. The van der Waals surface area contributed by atoms with Crippen LogP contribution in [0.15, 0.2) is 51.6 Å². The number of anilines is 1. The first-order valence-electron chi connectivity index (χ1n) is 9.11. The number of benzene rings is 1. The molecule has 1 unspecified atom stereocenters. The van der Waals surface area contributed by atoms with E-state index >= 15 is 0 Å². The van der Waals surface area contributed by atoms with Gasteiger partial charge in [-0.3, -0.25) is 4.79 Å². The molecule has 1 atom stereocenters. The second-order valence-electron chi connectivity index (χ2n) is 6.64. The highest BCUT2D eigenvalue weighted by Crippen LogP contribution is 2.28. The molecule has 3 aromatic heterocycles. The molecule has 158 valence electrons. The van der Waals surface area contributed by atoms with Crippen molar-refractivity contribution in [3.05, 3.63) is 64.8 Å². The van der Waals surface area contributed by atoms with Gasteiger partial charge in [0.2, 0.25) is 0 Å². The molecule has 0 bridgehead atoms. The molecule has 3 heterocycles. The number of rotatable bonds is 5. The number of nitrogens with one attached hydrogen (secondary N) is 1. The van der Waals surface area contributed by atoms with Crippen molar-refractivity contribution in [1.82, 2.24) is 10.1 Å². The lowest BCUT2D eigenvalue weighted by atomic mass is 10.1. The molecule has 0 spiro atoms. The zero-order chi connectivity index (χ0) is 22.1. The zero-order valence-corrected chi connectivity index (χ0v) is 17.1. The van der Waals surface area contributed by atoms with Crippen LogP contribution in [0.2, 0.25) is 5.02 Å². The maximum atomic E-state index is 13.2. The highest BCUT2D eigenvalue weighted by molar-refractivity contribution is 6.33. The second-order valence-corrected chi connectivity index (χ2v) is 7.05. The van der Waals surface area contributed by atoms with E-state index in [1.807, 2.05) is 0 Å². The van der Waals surface area contributed by atoms with Crippen molar-refractivity contribution in [1.29, 1.82) is 0 Å². The van der Waals surface area contributed by atoms with Gasteiger partial charge in [0.25, 0.3) is 11.6 Å². The van der Waals surface area contributed by atoms with E-state index in [4.69, 9.17) is 25.3 Å². The summed E-state index contributed by atoms with van der Waals surface area (Å²) in [5.41, 5.74) is 1.23. The van der Waals surface area contributed by atoms with E-state index in [2.05, 4.69) is 15.5 Å². The number of aryl methyl sites for hydroxylation is 1. The zero-order valence-electron chi connectivity index (χ0n) is 16.3. The van der Waals surface area contributed by atoms with Crippen molar-refractivity contribution in [3.63, 3.8) is 0 Å². The average Bonchev–Trinajstić information content (AvgIpc) is 3.39. The second kappa shape index (κ2) is 8.19. The third-order valence-corrected chi connectivity index (χ3v) is 4.77. The Kier molecular flexibility index (Phi) is 5.43. The minimum Gasteiger partial charge on any atom is -0.463 e. The molecule has 10 heteroatoms. The molecule has 0 aliphatic heterocycles. The van der Waals surface area contributed by atoms with Crippen molar-refractivity contribution in [3.8, 4) is 11.5 Å². The summed E-state index contributed by atoms with van der Waals surface area (Å²) in [6.07, 6.45) is 0.293. The van der Waals surface area contributed by atoms with E-state index in [1.54, 1.807) is 19.1 Å². The van der Waals surface area contributed by atoms with Gasteiger partial charge in [-0.25, -0.2) is 14.2 Å². The lowest BCUT2D eigenvalue weighted by Crippen LogP contribution is -2.30. The summed E-state index contributed by atoms with van der Waals surface area (Å²) in [5.74, 6) is -1.54. The van der Waals surface area contributed by atoms with Crippen molar-refractivity contribution in [2.75, 3.05) is 5.32 Å². The third-order valence-electron chi connectivity index (χ3n) is 4.45. The first-order valence-corrected chi connectivity index (χ1v) is 9.49. The van der Waals surface area contributed by atoms with Crippen molar-refractivity contribution < 1.29 is 27.7 Å². The number of aromatic nitrogens is 2. The number of carbonyl (C=O) groups excluding carboxylic acids is 2. The summed E-state index contributed by atoms with van der Waals surface area (Å²) >= 11 is 5.92. The maximum absolute atomic E-state index is 13.2. The Bertz CT molecular complexity index is 1290. The van der Waals surface area contributed by atoms with Crippen LogP contribution in [0, 0.1) is 12.7 Å². The Morgan fingerprint density at radius 3 is 2.77 bits per heavy atom. The van der Waals surface area contributed by atoms with Gasteiger partial charge in [0, 0.05) is 0 Å². The number of amides is 1. The SMILES string of the molecule is Cc1noc2nc(-c3ccco3)cc(C(=O)OC(C)C(=O)Nc3ccc(F)cc3Cl)c12. The van der Waals surface area contributed by atoms with Crippen LogP contribution in [0.1, 0.15) is 23.0 Å². The van der Waals surface area contributed by atoms with Gasteiger partial charge in [-0.05, 0) is 50.2 Å². The summed E-state index contributed by atoms with van der Waals surface area (Å²) in [7, 11) is 0. The Morgan fingerprint density at radius 2 is 2.06 bits per heavy atom. The van der Waals surface area contributed by atoms with Gasteiger partial charge in [-0.15, -0.1) is 0 Å². The monoisotopic (exact) mass is 443 g/mol. The molecule has 0 fully saturated rings. The fraction of sp³-hybridized carbons (Fsp3) is 0.143. The van der Waals surface area contributed by atoms with Crippen LogP contribution in [0.3, 0.4) is 0 Å². The van der Waals surface area contributed by atoms with Gasteiger partial charge >= 0.3 is 5.97 Å². The van der Waals surface area contributed by atoms with E-state index in [0.717, 1.165) is 12.1 Å². The van der Waals surface area contributed by atoms with Crippen LogP contribution in [0.4, 0.5) is 10.1 Å². The summed E-state index contributed by atoms with van der Waals surface area (Å²) < 4.78 is 29.1. The largest absolute Gasteiger partial charge is 0.463 e. The summed E-state index contributed by atoms with van der Waals surface area (Å²) in [4.78, 5) is 29.7. The first kappa shape index (κ1) is 20.5. The molecule has 0 saturated carbocycles. The molecule has 1 N–H and O–H groups in total. The smallest absolute Gasteiger partial charge is 0.339 e. The van der Waals surface area contributed by atoms with E-state index in [0.29, 0.717) is 22.5 Å². The molecule has 0 saturated heterocycles. The van der Waals surface area contributed by atoms with E-state index in [1.165, 1.54) is 25.3 Å². The number of furan rings is 1. The number of carbonyl (C=O) groups is 2. The van der Waals surface area contributed by atoms with Crippen LogP contribution >= 0.6 is 11.6 Å². The lowest BCUT2D eigenvalue weighted by molar-refractivity contribution is -0.123. The molecule has 31 heavy (non-hydrogen) atoms. The lowest BCUT2D eigenvalue weighted by Gasteiger charge is -2.15. The Balaban J connectivity index is 1.59. The molecule has 8 nitrogen and oxygen atoms in total. The normalized spacial score (nSPS) is 12.0. The number of halogens is 2. The molecule has 4 rings (SSSR count). The highest BCUT2D eigenvalue weighted by atomic mass is 35.5. The molecular formula is C21H15ClFN3O5. The van der Waals surface area contributed by atoms with E-state index < -0.39 is 23.8 Å². The number of hydrogen-bond donors (Lipinski definition) is 1. The number of fused-ring (bicyclic) bond motifs is 1. The van der Waals surface area contributed by atoms with Crippen LogP contribution in [-0.2, 0) is 9.53 Å². The number of nitrogens with zero attached hydrogens (tertiary/aromatic N) is 2. The van der Waals surface area contributed by atoms with E-state index in [9.17, 15) is 14.0 Å². The molecule has 0 aliphatic carbocycles. The molecule has 0 aliphatic rings. The van der Waals surface area contributed by atoms with E-state index in [-0.39, 0.29) is 22.0 Å². The molecule has 0 radical (unpaired) electrons. The number of pyridine rings is 1. The predicted molar refractivity (Wildman–Crippen MR) is 109 cm³/mol. The number of ether oxygens (including phenoxy) is 1. The minimum atomic E-state index is -1.18. The minimum absolute atomic E-state index is 0.0194. The van der Waals surface area contributed by atoms with Gasteiger partial charge in [0.15, 0.2) is 11.9 Å². The topological polar surface area (TPSA) is 107 Å². The standard InChI is InChI=1S/C21H15ClFN3O5/c1-10-18-13(9-16(17-4-3-7-29-17)25-20(18)31-26-10)21(28)30-11(2)19(27)24-15-6-5-12(23)8-14(15)22/h3-9,11H,1-2H3,(H,24,27). The van der Waals surface area contributed by atoms with Crippen LogP contribution < -0.4 is 5.32 Å². The van der Waals surface area contributed by atoms with Crippen molar-refractivity contribution in [2.45, 2.75) is 20.0 Å². The maximum Gasteiger partial charge on any atom is 0.339 e. The molecular weight excluding hydrogens is 429 g/mol. The van der Waals surface area contributed by atoms with Gasteiger partial charge in [-0.2, -0.15) is 0 Å². The Morgan fingerprint density at radius 1 is 1.26 bits per heavy atom. The predicted octanol–water partition coefficient (Wildman–Crippen LogP) is 4.77. The van der Waals surface area contributed by atoms with Gasteiger partial charge in [-0.1, -0.05) is 16.8 Å². The average molecular weight is 444 g/mol. The number of esters is 1. The van der Waals surface area contributed by atoms with Gasteiger partial charge in [0.1, 0.15) is 11.5 Å². The van der Waals surface area contributed by atoms with Crippen molar-refractivity contribution in [2.24, 2.45) is 0 Å². The van der Waals surface area contributed by atoms with Crippen LogP contribution in [-0.4, -0.2) is 28.1 Å². The van der Waals surface area contributed by atoms with Crippen LogP contribution in [0.5, 0.6) is 0 Å². The quantitative estimate of drug-likeness (QED) is 0.443. The fourth-order valence-electron chi connectivity index (χ4n) is 2.91. The third kappa shape index (κ3) is 4.13. The van der Waals surface area contributed by atoms with Crippen molar-refractivity contribution >= 4 is 40.3 Å². The molecule has 1 aromatic carbocycles. The Labute approximate surface area is 179 Å². The fourth-order valence-corrected chi connectivity index (χ4v) is 3.12. The summed E-state index contributed by atoms with van der Waals surface area (Å²) in [6, 6.07) is 8.36. The van der Waals surface area contributed by atoms with Gasteiger partial charge < -0.3 is 19.0 Å². The number of hydrogen-bond acceptors (Lipinski definition) is 7. The molecule has 1 amide bonds.